The first kappa shape index (κ1) is 63.4. The van der Waals surface area contributed by atoms with E-state index in [2.05, 4.69) is 0 Å². The molecule has 0 spiro atoms. The van der Waals surface area contributed by atoms with Crippen molar-refractivity contribution in [2.45, 2.75) is 183 Å². The highest BCUT2D eigenvalue weighted by molar-refractivity contribution is 7.49. The molecule has 0 rings (SSSR count). The van der Waals surface area contributed by atoms with Gasteiger partial charge in [-0.25, -0.2) is 27.8 Å². The van der Waals surface area contributed by atoms with E-state index in [9.17, 15) is 27.8 Å². The van der Waals surface area contributed by atoms with Gasteiger partial charge < -0.3 is 9.47 Å². The Kier molecular flexibility index (Phi) is 36.9. The van der Waals surface area contributed by atoms with E-state index in [0.29, 0.717) is 103 Å². The monoisotopic (exact) mass is 1010 g/mol. The average molecular weight is 1010 g/mol. The number of phosphoric ester groups is 4. The largest absolute Gasteiger partial charge is 0.475 e. The van der Waals surface area contributed by atoms with Crippen molar-refractivity contribution in [1.29, 1.82) is 0 Å². The fraction of sp³-hybridized carbons (Fsp3) is 0.950. The minimum atomic E-state index is -4.95. The van der Waals surface area contributed by atoms with E-state index < -0.39 is 67.6 Å². The highest BCUT2D eigenvalue weighted by Gasteiger charge is 2.56. The molecule has 0 heterocycles. The second kappa shape index (κ2) is 37.3. The number of methoxy groups -OCH3 is 2. The molecule has 0 aromatic rings. The number of carbonyl (C=O) groups is 2. The molecule has 20 nitrogen and oxygen atoms in total. The lowest BCUT2D eigenvalue weighted by Crippen LogP contribution is -2.54. The van der Waals surface area contributed by atoms with Crippen molar-refractivity contribution < 1.29 is 91.6 Å². The van der Waals surface area contributed by atoms with E-state index in [0.717, 1.165) is 14.2 Å². The molecule has 382 valence electrons. The second-order valence-electron chi connectivity index (χ2n) is 14.5. The smallest absolute Gasteiger partial charge is 0.467 e. The average Bonchev–Trinajstić information content (AvgIpc) is 3.26. The summed E-state index contributed by atoms with van der Waals surface area (Å²) in [6.07, 6.45) is -1.96. The number of rotatable bonds is 45. The van der Waals surface area contributed by atoms with Crippen LogP contribution in [0.3, 0.4) is 0 Å². The van der Waals surface area contributed by atoms with Gasteiger partial charge in [-0.2, -0.15) is 0 Å². The maximum Gasteiger partial charge on any atom is 0.475 e. The summed E-state index contributed by atoms with van der Waals surface area (Å²) < 4.78 is 139. The van der Waals surface area contributed by atoms with Crippen molar-refractivity contribution in [2.24, 2.45) is 0 Å². The molecule has 0 saturated heterocycles. The SMILES string of the molecule is CCCCOP(=O)(OCCCC)O[C@H]([C@H](OP(=O)(OCCCC)OCCCC)[C@@H](OP(=O)(OCCCC)OCCCC)C(=O)OC)[C@H](OP(=O)(OCCCC)OCCCC)C(=O)OC. The molecule has 0 aromatic carbocycles. The van der Waals surface area contributed by atoms with Crippen LogP contribution in [0.1, 0.15) is 158 Å². The van der Waals surface area contributed by atoms with Crippen LogP contribution in [0.4, 0.5) is 0 Å². The summed E-state index contributed by atoms with van der Waals surface area (Å²) in [5, 5.41) is 0. The zero-order chi connectivity index (χ0) is 48.3. The Morgan fingerprint density at radius 1 is 0.328 bits per heavy atom. The summed E-state index contributed by atoms with van der Waals surface area (Å²) in [6.45, 7) is 13.4. The lowest BCUT2D eigenvalue weighted by atomic mass is 10.0. The third-order valence-electron chi connectivity index (χ3n) is 8.75. The topological polar surface area (TPSA) is 232 Å². The summed E-state index contributed by atoms with van der Waals surface area (Å²) in [7, 11) is -17.7. The maximum absolute atomic E-state index is 14.9. The van der Waals surface area contributed by atoms with Crippen molar-refractivity contribution >= 4 is 43.2 Å². The predicted octanol–water partition coefficient (Wildman–Crippen LogP) is 11.8. The number of hydrogen-bond donors (Lipinski definition) is 0. The second-order valence-corrected chi connectivity index (χ2v) is 21.0. The highest BCUT2D eigenvalue weighted by atomic mass is 31.2. The van der Waals surface area contributed by atoms with Gasteiger partial charge in [-0.1, -0.05) is 107 Å². The van der Waals surface area contributed by atoms with Crippen molar-refractivity contribution in [3.63, 3.8) is 0 Å². The fourth-order valence-corrected chi connectivity index (χ4v) is 10.4. The normalized spacial score (nSPS) is 14.6. The van der Waals surface area contributed by atoms with E-state index in [1.54, 1.807) is 0 Å². The quantitative estimate of drug-likeness (QED) is 0.0313. The Balaban J connectivity index is 8.67. The molecule has 0 aliphatic carbocycles. The van der Waals surface area contributed by atoms with E-state index in [1.165, 1.54) is 0 Å². The van der Waals surface area contributed by atoms with E-state index in [1.807, 2.05) is 55.4 Å². The zero-order valence-corrected chi connectivity index (χ0v) is 43.8. The lowest BCUT2D eigenvalue weighted by molar-refractivity contribution is -0.173. The van der Waals surface area contributed by atoms with Crippen LogP contribution in [0, 0.1) is 0 Å². The standard InChI is InChI=1S/C40H82O20P4/c1-11-19-27-49-61(43,50-28-20-12-2)57-35(37(39(41)47-9)59-63(45,53-31-23-15-5)54-32-24-16-6)36(58-62(44,51-29-21-13-3)52-30-22-14-4)38(40(42)48-10)60-64(46,55-33-25-17-7)56-34-26-18-8/h35-38H,11-34H2,1-10H3/t35-,36+,37+,38-. The molecular formula is C40H82O20P4. The van der Waals surface area contributed by atoms with Gasteiger partial charge in [0, 0.05) is 0 Å². The third-order valence-corrected chi connectivity index (χ3v) is 14.7. The Bertz CT molecular complexity index is 1250. The molecule has 0 N–H and O–H groups in total. The maximum atomic E-state index is 14.9. The van der Waals surface area contributed by atoms with E-state index in [4.69, 9.17) is 63.8 Å². The molecule has 64 heavy (non-hydrogen) atoms. The first-order valence-corrected chi connectivity index (χ1v) is 28.9. The van der Waals surface area contributed by atoms with Gasteiger partial charge >= 0.3 is 43.2 Å². The third kappa shape index (κ3) is 26.8. The number of phosphoric acid groups is 4. The van der Waals surface area contributed by atoms with Crippen molar-refractivity contribution in [1.82, 2.24) is 0 Å². The molecule has 0 saturated carbocycles. The summed E-state index contributed by atoms with van der Waals surface area (Å²) >= 11 is 0. The summed E-state index contributed by atoms with van der Waals surface area (Å²) in [4.78, 5) is 28.4. The molecule has 0 fully saturated rings. The van der Waals surface area contributed by atoms with Gasteiger partial charge in [0.25, 0.3) is 0 Å². The fourth-order valence-electron chi connectivity index (χ4n) is 4.82. The van der Waals surface area contributed by atoms with Crippen LogP contribution in [0.2, 0.25) is 0 Å². The molecule has 0 amide bonds. The molecule has 0 aromatic heterocycles. The molecule has 0 aliphatic heterocycles. The minimum Gasteiger partial charge on any atom is -0.467 e. The van der Waals surface area contributed by atoms with Gasteiger partial charge in [0.1, 0.15) is 12.2 Å². The van der Waals surface area contributed by atoms with Crippen LogP contribution in [0.5, 0.6) is 0 Å². The van der Waals surface area contributed by atoms with Gasteiger partial charge in [-0.3, -0.25) is 54.3 Å². The molecule has 24 heteroatoms. The van der Waals surface area contributed by atoms with Crippen molar-refractivity contribution in [3.05, 3.63) is 0 Å². The van der Waals surface area contributed by atoms with Gasteiger partial charge in [0.15, 0.2) is 12.2 Å². The first-order chi connectivity index (χ1) is 30.6. The summed E-state index contributed by atoms with van der Waals surface area (Å²) in [5.41, 5.74) is 0. The zero-order valence-electron chi connectivity index (χ0n) is 40.2. The lowest BCUT2D eigenvalue weighted by Gasteiger charge is -2.38. The molecule has 0 aliphatic rings. The number of unbranched alkanes of at least 4 members (excludes halogenated alkanes) is 8. The summed E-state index contributed by atoms with van der Waals surface area (Å²) in [5.74, 6) is -2.74. The number of hydrogen-bond acceptors (Lipinski definition) is 20. The number of carbonyl (C=O) groups excluding carboxylic acids is 2. The van der Waals surface area contributed by atoms with Gasteiger partial charge in [0.05, 0.1) is 67.1 Å². The van der Waals surface area contributed by atoms with Gasteiger partial charge in [-0.05, 0) is 51.4 Å². The van der Waals surface area contributed by atoms with Crippen LogP contribution < -0.4 is 0 Å². The van der Waals surface area contributed by atoms with Gasteiger partial charge in [-0.15, -0.1) is 0 Å². The Labute approximate surface area is 383 Å². The molecule has 0 bridgehead atoms. The van der Waals surface area contributed by atoms with Crippen LogP contribution in [0.15, 0.2) is 0 Å². The molecule has 0 unspecified atom stereocenters. The van der Waals surface area contributed by atoms with Crippen molar-refractivity contribution in [2.75, 3.05) is 67.1 Å². The van der Waals surface area contributed by atoms with Crippen molar-refractivity contribution in [3.8, 4) is 0 Å². The van der Waals surface area contributed by atoms with E-state index >= 15 is 0 Å². The molecular weight excluding hydrogens is 924 g/mol. The number of esters is 2. The van der Waals surface area contributed by atoms with E-state index in [-0.39, 0.29) is 52.9 Å². The van der Waals surface area contributed by atoms with Crippen LogP contribution in [-0.4, -0.2) is 103 Å². The van der Waals surface area contributed by atoms with Crippen LogP contribution in [-0.2, 0) is 91.6 Å². The van der Waals surface area contributed by atoms with Gasteiger partial charge in [0.2, 0.25) is 0 Å². The molecule has 0 radical (unpaired) electrons. The highest BCUT2D eigenvalue weighted by Crippen LogP contribution is 2.60. The minimum absolute atomic E-state index is 0.162. The Morgan fingerprint density at radius 3 is 0.656 bits per heavy atom. The number of ether oxygens (including phenoxy) is 2. The first-order valence-electron chi connectivity index (χ1n) is 23.0. The Hall–Kier alpha value is -0.620. The predicted molar refractivity (Wildman–Crippen MR) is 241 cm³/mol. The molecule has 4 atom stereocenters. The van der Waals surface area contributed by atoms with Crippen LogP contribution >= 0.6 is 31.3 Å². The van der Waals surface area contributed by atoms with Crippen LogP contribution in [0.25, 0.3) is 0 Å². The Morgan fingerprint density at radius 2 is 0.500 bits per heavy atom. The summed E-state index contributed by atoms with van der Waals surface area (Å²) in [6, 6.07) is 0.